The van der Waals surface area contributed by atoms with Gasteiger partial charge in [-0.1, -0.05) is 56.5 Å². The predicted octanol–water partition coefficient (Wildman–Crippen LogP) is 5.97. The molecule has 180 valence electrons. The van der Waals surface area contributed by atoms with Crippen LogP contribution in [0, 0.1) is 5.92 Å². The first-order chi connectivity index (χ1) is 15.2. The number of rotatable bonds is 15. The van der Waals surface area contributed by atoms with Crippen LogP contribution in [-0.4, -0.2) is 30.0 Å². The number of benzene rings is 1. The van der Waals surface area contributed by atoms with Gasteiger partial charge in [0.05, 0.1) is 0 Å². The highest BCUT2D eigenvalue weighted by molar-refractivity contribution is 5.80. The highest BCUT2D eigenvalue weighted by Gasteiger charge is 2.16. The zero-order valence-electron chi connectivity index (χ0n) is 20.3. The molecule has 0 aliphatic carbocycles. The Morgan fingerprint density at radius 2 is 1.56 bits per heavy atom. The molecule has 0 radical (unpaired) electrons. The van der Waals surface area contributed by atoms with Gasteiger partial charge in [-0.3, -0.25) is 9.59 Å². The first kappa shape index (κ1) is 27.7. The lowest BCUT2D eigenvalue weighted by atomic mass is 9.95. The van der Waals surface area contributed by atoms with Crippen LogP contribution in [0.4, 0.5) is 4.79 Å². The zero-order valence-corrected chi connectivity index (χ0v) is 20.3. The smallest absolute Gasteiger partial charge is 0.407 e. The van der Waals surface area contributed by atoms with Crippen molar-refractivity contribution in [2.24, 2.45) is 5.92 Å². The number of Topliss-reactive ketones (excluding diaryl/α,β-unsaturated/α-hetero) is 1. The predicted molar refractivity (Wildman–Crippen MR) is 126 cm³/mol. The van der Waals surface area contributed by atoms with Crippen molar-refractivity contribution in [2.45, 2.75) is 97.7 Å². The van der Waals surface area contributed by atoms with Crippen LogP contribution in [0.3, 0.4) is 0 Å². The number of carbonyl (C=O) groups excluding carboxylic acids is 3. The number of ketones is 1. The van der Waals surface area contributed by atoms with Crippen molar-refractivity contribution < 1.29 is 23.9 Å². The second-order valence-electron chi connectivity index (χ2n) is 9.35. The molecule has 0 bridgehead atoms. The van der Waals surface area contributed by atoms with Crippen LogP contribution in [0.15, 0.2) is 30.3 Å². The van der Waals surface area contributed by atoms with Crippen LogP contribution in [0.1, 0.15) is 91.0 Å². The van der Waals surface area contributed by atoms with Crippen molar-refractivity contribution in [3.05, 3.63) is 35.9 Å². The summed E-state index contributed by atoms with van der Waals surface area (Å²) in [7, 11) is 0. The summed E-state index contributed by atoms with van der Waals surface area (Å²) in [5, 5.41) is 2.75. The minimum atomic E-state index is -0.429. The summed E-state index contributed by atoms with van der Waals surface area (Å²) in [6.45, 7) is 8.40. The van der Waals surface area contributed by atoms with E-state index in [0.717, 1.165) is 50.5 Å². The molecule has 1 aromatic rings. The van der Waals surface area contributed by atoms with E-state index in [1.165, 1.54) is 0 Å². The largest absolute Gasteiger partial charge is 0.460 e. The van der Waals surface area contributed by atoms with E-state index >= 15 is 0 Å². The lowest BCUT2D eigenvalue weighted by Gasteiger charge is -2.19. The maximum atomic E-state index is 12.3. The van der Waals surface area contributed by atoms with Crippen molar-refractivity contribution in [1.82, 2.24) is 5.32 Å². The molecule has 1 amide bonds. The van der Waals surface area contributed by atoms with Crippen LogP contribution < -0.4 is 5.32 Å². The Hall–Kier alpha value is -2.37. The maximum Gasteiger partial charge on any atom is 0.407 e. The molecule has 1 rings (SSSR count). The highest BCUT2D eigenvalue weighted by Crippen LogP contribution is 2.15. The molecule has 0 aromatic heterocycles. The van der Waals surface area contributed by atoms with Gasteiger partial charge in [0.1, 0.15) is 18.0 Å². The maximum absolute atomic E-state index is 12.3. The molecule has 0 fully saturated rings. The molecule has 1 N–H and O–H groups in total. The third kappa shape index (κ3) is 14.6. The van der Waals surface area contributed by atoms with Gasteiger partial charge in [0.2, 0.25) is 0 Å². The van der Waals surface area contributed by atoms with Gasteiger partial charge in [-0.05, 0) is 52.0 Å². The molecule has 1 atom stereocenters. The van der Waals surface area contributed by atoms with Crippen LogP contribution in [0.2, 0.25) is 0 Å². The molecule has 0 aliphatic heterocycles. The van der Waals surface area contributed by atoms with E-state index < -0.39 is 11.7 Å². The molecule has 0 spiro atoms. The summed E-state index contributed by atoms with van der Waals surface area (Å²) >= 11 is 0. The number of esters is 1. The van der Waals surface area contributed by atoms with Crippen molar-refractivity contribution in [3.8, 4) is 0 Å². The van der Waals surface area contributed by atoms with Crippen molar-refractivity contribution in [3.63, 3.8) is 0 Å². The van der Waals surface area contributed by atoms with Gasteiger partial charge in [-0.2, -0.15) is 0 Å². The number of carbonyl (C=O) groups is 3. The standard InChI is InChI=1S/C26H41NO5/c1-21(23(28)17-10-5-6-11-18-24(29)32-26(2,3)4)14-12-13-19-27-25(30)31-20-22-15-8-7-9-16-22/h7-9,15-16,21H,5-6,10-14,17-20H2,1-4H3,(H,27,30)/t21-/m1/s1. The number of amides is 1. The van der Waals surface area contributed by atoms with E-state index in [1.807, 2.05) is 58.0 Å². The Labute approximate surface area is 193 Å². The third-order valence-corrected chi connectivity index (χ3v) is 5.07. The summed E-state index contributed by atoms with van der Waals surface area (Å²) < 4.78 is 10.5. The Balaban J connectivity index is 1.99. The molecule has 0 aliphatic rings. The van der Waals surface area contributed by atoms with Gasteiger partial charge in [-0.25, -0.2) is 4.79 Å². The van der Waals surface area contributed by atoms with Crippen molar-refractivity contribution >= 4 is 17.8 Å². The molecule has 32 heavy (non-hydrogen) atoms. The highest BCUT2D eigenvalue weighted by atomic mass is 16.6. The van der Waals surface area contributed by atoms with E-state index in [1.54, 1.807) is 0 Å². The third-order valence-electron chi connectivity index (χ3n) is 5.07. The summed E-state index contributed by atoms with van der Waals surface area (Å²) in [6.07, 6.45) is 6.73. The second kappa shape index (κ2) is 15.4. The van der Waals surface area contributed by atoms with E-state index in [4.69, 9.17) is 9.47 Å². The molecular formula is C26H41NO5. The first-order valence-corrected chi connectivity index (χ1v) is 11.9. The number of hydrogen-bond acceptors (Lipinski definition) is 5. The fourth-order valence-corrected chi connectivity index (χ4v) is 3.26. The van der Waals surface area contributed by atoms with E-state index in [9.17, 15) is 14.4 Å². The summed E-state index contributed by atoms with van der Waals surface area (Å²) in [5.41, 5.74) is 0.527. The SMILES string of the molecule is C[C@H](CCCCNC(=O)OCc1ccccc1)C(=O)CCCCCCC(=O)OC(C)(C)C. The second-order valence-corrected chi connectivity index (χ2v) is 9.35. The Morgan fingerprint density at radius 1 is 0.906 bits per heavy atom. The number of unbranched alkanes of at least 4 members (excludes halogenated alkanes) is 4. The normalized spacial score (nSPS) is 12.1. The average molecular weight is 448 g/mol. The van der Waals surface area contributed by atoms with Crippen LogP contribution >= 0.6 is 0 Å². The number of nitrogens with one attached hydrogen (secondary N) is 1. The van der Waals surface area contributed by atoms with E-state index in [-0.39, 0.29) is 18.5 Å². The Morgan fingerprint density at radius 3 is 2.22 bits per heavy atom. The minimum Gasteiger partial charge on any atom is -0.460 e. The molecule has 0 unspecified atom stereocenters. The average Bonchev–Trinajstić information content (AvgIpc) is 2.73. The molecule has 1 aromatic carbocycles. The monoisotopic (exact) mass is 447 g/mol. The van der Waals surface area contributed by atoms with Gasteiger partial charge in [0, 0.05) is 25.3 Å². The lowest BCUT2D eigenvalue weighted by Crippen LogP contribution is -2.25. The quantitative estimate of drug-likeness (QED) is 0.264. The number of hydrogen-bond donors (Lipinski definition) is 1. The fourth-order valence-electron chi connectivity index (χ4n) is 3.26. The molecule has 0 saturated heterocycles. The van der Waals surface area contributed by atoms with E-state index in [0.29, 0.717) is 25.2 Å². The molecule has 0 saturated carbocycles. The number of ether oxygens (including phenoxy) is 2. The topological polar surface area (TPSA) is 81.7 Å². The Kier molecular flexibility index (Phi) is 13.3. The van der Waals surface area contributed by atoms with E-state index in [2.05, 4.69) is 5.32 Å². The van der Waals surface area contributed by atoms with Crippen LogP contribution in [0.5, 0.6) is 0 Å². The molecule has 0 heterocycles. The first-order valence-electron chi connectivity index (χ1n) is 11.9. The number of alkyl carbamates (subject to hydrolysis) is 1. The minimum absolute atomic E-state index is 0.0433. The van der Waals surface area contributed by atoms with Gasteiger partial charge >= 0.3 is 12.1 Å². The molecule has 6 nitrogen and oxygen atoms in total. The van der Waals surface area contributed by atoms with Crippen LogP contribution in [0.25, 0.3) is 0 Å². The van der Waals surface area contributed by atoms with Gasteiger partial charge in [0.15, 0.2) is 0 Å². The van der Waals surface area contributed by atoms with Crippen molar-refractivity contribution in [1.29, 1.82) is 0 Å². The lowest BCUT2D eigenvalue weighted by molar-refractivity contribution is -0.154. The van der Waals surface area contributed by atoms with Crippen LogP contribution in [-0.2, 0) is 25.7 Å². The zero-order chi connectivity index (χ0) is 23.8. The van der Waals surface area contributed by atoms with Gasteiger partial charge < -0.3 is 14.8 Å². The van der Waals surface area contributed by atoms with Gasteiger partial charge in [0.25, 0.3) is 0 Å². The van der Waals surface area contributed by atoms with Crippen molar-refractivity contribution in [2.75, 3.05) is 6.54 Å². The fraction of sp³-hybridized carbons (Fsp3) is 0.654. The molecule has 6 heteroatoms. The summed E-state index contributed by atoms with van der Waals surface area (Å²) in [4.78, 5) is 35.6. The summed E-state index contributed by atoms with van der Waals surface area (Å²) in [6, 6.07) is 9.56. The van der Waals surface area contributed by atoms with Gasteiger partial charge in [-0.15, -0.1) is 0 Å². The Bertz CT molecular complexity index is 681. The molecular weight excluding hydrogens is 406 g/mol. The summed E-state index contributed by atoms with van der Waals surface area (Å²) in [5.74, 6) is 0.190.